The van der Waals surface area contributed by atoms with E-state index in [0.29, 0.717) is 41.2 Å². The molecule has 130 valence electrons. The van der Waals surface area contributed by atoms with E-state index in [-0.39, 0.29) is 5.91 Å². The fourth-order valence-electron chi connectivity index (χ4n) is 2.17. The summed E-state index contributed by atoms with van der Waals surface area (Å²) in [6, 6.07) is 3.37. The maximum absolute atomic E-state index is 12.7. The normalized spacial score (nSPS) is 10.7. The molecule has 23 heavy (non-hydrogen) atoms. The zero-order valence-corrected chi connectivity index (χ0v) is 15.6. The minimum Gasteiger partial charge on any atom is -0.493 e. The van der Waals surface area contributed by atoms with Crippen LogP contribution in [0.25, 0.3) is 0 Å². The quantitative estimate of drug-likeness (QED) is 0.656. The fourth-order valence-corrected chi connectivity index (χ4v) is 2.43. The second kappa shape index (κ2) is 9.66. The number of amides is 1. The topological polar surface area (TPSA) is 38.8 Å². The average Bonchev–Trinajstić information content (AvgIpc) is 2.53. The molecule has 0 unspecified atom stereocenters. The van der Waals surface area contributed by atoms with Crippen LogP contribution in [0.4, 0.5) is 0 Å². The largest absolute Gasteiger partial charge is 0.493 e. The number of hydrogen-bond donors (Lipinski definition) is 0. The molecule has 0 aliphatic heterocycles. The third-order valence-electron chi connectivity index (χ3n) is 3.49. The summed E-state index contributed by atoms with van der Waals surface area (Å²) in [4.78, 5) is 14.5. The zero-order chi connectivity index (χ0) is 17.4. The maximum Gasteiger partial charge on any atom is 0.254 e. The lowest BCUT2D eigenvalue weighted by molar-refractivity contribution is 0.0762. The molecular weight excluding hydrogens is 314 g/mol. The molecule has 1 aromatic rings. The van der Waals surface area contributed by atoms with Crippen molar-refractivity contribution in [3.8, 4) is 11.5 Å². The Kier molecular flexibility index (Phi) is 8.24. The lowest BCUT2D eigenvalue weighted by Gasteiger charge is -2.22. The molecular formula is C18H28ClNO3. The van der Waals surface area contributed by atoms with Crippen LogP contribution in [-0.2, 0) is 0 Å². The van der Waals surface area contributed by atoms with E-state index in [1.807, 2.05) is 11.8 Å². The molecule has 1 rings (SSSR count). The standard InChI is InChI=1S/C18H28ClNO3/c1-6-8-9-20(7-2)18(21)14-10-15(19)17(16(11-14)22-5)23-12-13(3)4/h10-11,13H,6-9,12H2,1-5H3. The zero-order valence-electron chi connectivity index (χ0n) is 14.8. The van der Waals surface area contributed by atoms with Crippen LogP contribution in [-0.4, -0.2) is 37.6 Å². The number of unbranched alkanes of at least 4 members (excludes halogenated alkanes) is 1. The number of hydrogen-bond acceptors (Lipinski definition) is 3. The molecule has 1 aromatic carbocycles. The first-order valence-corrected chi connectivity index (χ1v) is 8.61. The highest BCUT2D eigenvalue weighted by molar-refractivity contribution is 6.32. The van der Waals surface area contributed by atoms with Crippen molar-refractivity contribution < 1.29 is 14.3 Å². The summed E-state index contributed by atoms with van der Waals surface area (Å²) >= 11 is 6.32. The number of carbonyl (C=O) groups is 1. The molecule has 0 aromatic heterocycles. The van der Waals surface area contributed by atoms with Crippen LogP contribution in [0.2, 0.25) is 5.02 Å². The minimum absolute atomic E-state index is 0.0310. The van der Waals surface area contributed by atoms with Crippen molar-refractivity contribution in [1.82, 2.24) is 4.90 Å². The Labute approximate surface area is 144 Å². The second-order valence-electron chi connectivity index (χ2n) is 5.93. The number of benzene rings is 1. The van der Waals surface area contributed by atoms with Crippen LogP contribution in [0.1, 0.15) is 50.9 Å². The molecule has 0 aliphatic carbocycles. The van der Waals surface area contributed by atoms with E-state index in [0.717, 1.165) is 19.4 Å². The number of carbonyl (C=O) groups excluding carboxylic acids is 1. The van der Waals surface area contributed by atoms with Crippen molar-refractivity contribution in [2.45, 2.75) is 40.5 Å². The van der Waals surface area contributed by atoms with E-state index >= 15 is 0 Å². The van der Waals surface area contributed by atoms with Gasteiger partial charge >= 0.3 is 0 Å². The third-order valence-corrected chi connectivity index (χ3v) is 3.77. The summed E-state index contributed by atoms with van der Waals surface area (Å²) in [6.07, 6.45) is 2.04. The van der Waals surface area contributed by atoms with Gasteiger partial charge in [-0.25, -0.2) is 0 Å². The van der Waals surface area contributed by atoms with Crippen molar-refractivity contribution in [1.29, 1.82) is 0 Å². The Hall–Kier alpha value is -1.42. The minimum atomic E-state index is -0.0310. The first-order chi connectivity index (χ1) is 10.9. The Morgan fingerprint density at radius 3 is 2.52 bits per heavy atom. The number of methoxy groups -OCH3 is 1. The van der Waals surface area contributed by atoms with E-state index < -0.39 is 0 Å². The number of rotatable bonds is 9. The molecule has 0 aliphatic rings. The molecule has 0 heterocycles. The predicted molar refractivity (Wildman–Crippen MR) is 94.8 cm³/mol. The van der Waals surface area contributed by atoms with Gasteiger partial charge in [0.25, 0.3) is 5.91 Å². The Balaban J connectivity index is 3.04. The van der Waals surface area contributed by atoms with Crippen LogP contribution in [0.15, 0.2) is 12.1 Å². The van der Waals surface area contributed by atoms with E-state index in [2.05, 4.69) is 20.8 Å². The molecule has 0 N–H and O–H groups in total. The number of nitrogens with zero attached hydrogens (tertiary/aromatic N) is 1. The lowest BCUT2D eigenvalue weighted by Crippen LogP contribution is -2.31. The highest BCUT2D eigenvalue weighted by Crippen LogP contribution is 2.37. The van der Waals surface area contributed by atoms with Crippen molar-refractivity contribution in [2.75, 3.05) is 26.8 Å². The molecule has 0 fully saturated rings. The van der Waals surface area contributed by atoms with Gasteiger partial charge in [-0.2, -0.15) is 0 Å². The number of ether oxygens (including phenoxy) is 2. The summed E-state index contributed by atoms with van der Waals surface area (Å²) in [7, 11) is 1.55. The smallest absolute Gasteiger partial charge is 0.254 e. The Bertz CT molecular complexity index is 517. The Morgan fingerprint density at radius 2 is 2.00 bits per heavy atom. The lowest BCUT2D eigenvalue weighted by atomic mass is 10.1. The molecule has 0 bridgehead atoms. The van der Waals surface area contributed by atoms with Gasteiger partial charge in [0, 0.05) is 18.7 Å². The SMILES string of the molecule is CCCCN(CC)C(=O)c1cc(Cl)c(OCC(C)C)c(OC)c1. The van der Waals surface area contributed by atoms with E-state index in [4.69, 9.17) is 21.1 Å². The van der Waals surface area contributed by atoms with Gasteiger partial charge in [-0.15, -0.1) is 0 Å². The van der Waals surface area contributed by atoms with Crippen LogP contribution in [0.3, 0.4) is 0 Å². The van der Waals surface area contributed by atoms with Gasteiger partial charge < -0.3 is 14.4 Å². The Morgan fingerprint density at radius 1 is 1.30 bits per heavy atom. The molecule has 1 amide bonds. The summed E-state index contributed by atoms with van der Waals surface area (Å²) in [6.45, 7) is 10.2. The van der Waals surface area contributed by atoms with Crippen LogP contribution in [0, 0.1) is 5.92 Å². The highest BCUT2D eigenvalue weighted by atomic mass is 35.5. The van der Waals surface area contributed by atoms with Crippen molar-refractivity contribution in [3.05, 3.63) is 22.7 Å². The monoisotopic (exact) mass is 341 g/mol. The van der Waals surface area contributed by atoms with Crippen molar-refractivity contribution >= 4 is 17.5 Å². The molecule has 4 nitrogen and oxygen atoms in total. The second-order valence-corrected chi connectivity index (χ2v) is 6.34. The molecule has 5 heteroatoms. The van der Waals surface area contributed by atoms with Crippen LogP contribution in [0.5, 0.6) is 11.5 Å². The molecule has 0 saturated carbocycles. The van der Waals surface area contributed by atoms with Crippen LogP contribution >= 0.6 is 11.6 Å². The van der Waals surface area contributed by atoms with Gasteiger partial charge in [0.05, 0.1) is 18.7 Å². The summed E-state index contributed by atoms with van der Waals surface area (Å²) in [5.41, 5.74) is 0.529. The molecule has 0 saturated heterocycles. The van der Waals surface area contributed by atoms with Gasteiger partial charge in [-0.3, -0.25) is 4.79 Å². The van der Waals surface area contributed by atoms with Gasteiger partial charge in [-0.1, -0.05) is 38.8 Å². The molecule has 0 spiro atoms. The number of halogens is 1. The van der Waals surface area contributed by atoms with Crippen LogP contribution < -0.4 is 9.47 Å². The van der Waals surface area contributed by atoms with E-state index in [1.54, 1.807) is 19.2 Å². The van der Waals surface area contributed by atoms with E-state index in [9.17, 15) is 4.79 Å². The first kappa shape index (κ1) is 19.6. The fraction of sp³-hybridized carbons (Fsp3) is 0.611. The molecule has 0 atom stereocenters. The van der Waals surface area contributed by atoms with Gasteiger partial charge in [0.15, 0.2) is 11.5 Å². The van der Waals surface area contributed by atoms with Crippen molar-refractivity contribution in [2.24, 2.45) is 5.92 Å². The molecule has 0 radical (unpaired) electrons. The van der Waals surface area contributed by atoms with E-state index in [1.165, 1.54) is 0 Å². The first-order valence-electron chi connectivity index (χ1n) is 8.24. The third kappa shape index (κ3) is 5.61. The summed E-state index contributed by atoms with van der Waals surface area (Å²) in [5, 5.41) is 0.403. The highest BCUT2D eigenvalue weighted by Gasteiger charge is 2.19. The van der Waals surface area contributed by atoms with Crippen molar-refractivity contribution in [3.63, 3.8) is 0 Å². The summed E-state index contributed by atoms with van der Waals surface area (Å²) < 4.78 is 11.1. The van der Waals surface area contributed by atoms with Gasteiger partial charge in [-0.05, 0) is 31.4 Å². The predicted octanol–water partition coefficient (Wildman–Crippen LogP) is 4.65. The van der Waals surface area contributed by atoms with Gasteiger partial charge in [0.2, 0.25) is 0 Å². The average molecular weight is 342 g/mol. The summed E-state index contributed by atoms with van der Waals surface area (Å²) in [5.74, 6) is 1.34. The van der Waals surface area contributed by atoms with Gasteiger partial charge in [0.1, 0.15) is 0 Å². The maximum atomic E-state index is 12.7.